The van der Waals surface area contributed by atoms with Crippen molar-refractivity contribution in [3.05, 3.63) is 15.1 Å². The molecule has 2 fully saturated rings. The SMILES string of the molecule is Nc1nc(CC2CCOC2)nc(C2CCCC2)c1I. The Morgan fingerprint density at radius 3 is 2.68 bits per heavy atom. The number of anilines is 1. The lowest BCUT2D eigenvalue weighted by atomic mass is 10.0. The molecular weight excluding hydrogens is 353 g/mol. The van der Waals surface area contributed by atoms with Crippen molar-refractivity contribution in [2.24, 2.45) is 5.92 Å². The van der Waals surface area contributed by atoms with Crippen LogP contribution in [0.2, 0.25) is 0 Å². The van der Waals surface area contributed by atoms with Gasteiger partial charge < -0.3 is 10.5 Å². The summed E-state index contributed by atoms with van der Waals surface area (Å²) in [4.78, 5) is 9.30. The fourth-order valence-corrected chi connectivity index (χ4v) is 3.78. The van der Waals surface area contributed by atoms with Crippen LogP contribution >= 0.6 is 22.6 Å². The maximum absolute atomic E-state index is 6.07. The van der Waals surface area contributed by atoms with E-state index < -0.39 is 0 Å². The molecule has 3 rings (SSSR count). The highest BCUT2D eigenvalue weighted by Crippen LogP contribution is 2.36. The van der Waals surface area contributed by atoms with Crippen molar-refractivity contribution in [2.45, 2.75) is 44.4 Å². The molecule has 0 aromatic carbocycles. The van der Waals surface area contributed by atoms with Crippen molar-refractivity contribution >= 4 is 28.4 Å². The predicted octanol–water partition coefficient (Wildman–Crippen LogP) is 2.90. The van der Waals surface area contributed by atoms with Crippen LogP contribution in [0.4, 0.5) is 5.82 Å². The summed E-state index contributed by atoms with van der Waals surface area (Å²) in [5.41, 5.74) is 7.27. The van der Waals surface area contributed by atoms with Crippen LogP contribution in [-0.2, 0) is 11.2 Å². The average Bonchev–Trinajstić information content (AvgIpc) is 3.06. The van der Waals surface area contributed by atoms with Crippen molar-refractivity contribution in [2.75, 3.05) is 18.9 Å². The van der Waals surface area contributed by atoms with Crippen molar-refractivity contribution in [1.29, 1.82) is 0 Å². The zero-order chi connectivity index (χ0) is 13.2. The van der Waals surface area contributed by atoms with Crippen LogP contribution in [0.25, 0.3) is 0 Å². The molecule has 2 heterocycles. The minimum absolute atomic E-state index is 0.566. The van der Waals surface area contributed by atoms with Gasteiger partial charge in [-0.15, -0.1) is 0 Å². The average molecular weight is 373 g/mol. The summed E-state index contributed by atoms with van der Waals surface area (Å²) < 4.78 is 6.49. The van der Waals surface area contributed by atoms with Crippen molar-refractivity contribution < 1.29 is 4.74 Å². The van der Waals surface area contributed by atoms with Crippen LogP contribution in [0, 0.1) is 9.49 Å². The van der Waals surface area contributed by atoms with E-state index in [1.165, 1.54) is 31.4 Å². The van der Waals surface area contributed by atoms with Gasteiger partial charge >= 0.3 is 0 Å². The molecule has 19 heavy (non-hydrogen) atoms. The molecule has 1 unspecified atom stereocenters. The molecule has 0 radical (unpaired) electrons. The second kappa shape index (κ2) is 5.91. The Kier molecular flexibility index (Phi) is 4.21. The fraction of sp³-hybridized carbons (Fsp3) is 0.714. The highest BCUT2D eigenvalue weighted by Gasteiger charge is 2.24. The van der Waals surface area contributed by atoms with E-state index in [0.717, 1.165) is 35.4 Å². The van der Waals surface area contributed by atoms with E-state index in [-0.39, 0.29) is 0 Å². The van der Waals surface area contributed by atoms with Gasteiger partial charge in [-0.05, 0) is 47.8 Å². The van der Waals surface area contributed by atoms with Crippen LogP contribution in [0.15, 0.2) is 0 Å². The Hall–Kier alpha value is -0.430. The normalized spacial score (nSPS) is 24.2. The third kappa shape index (κ3) is 3.02. The van der Waals surface area contributed by atoms with Gasteiger partial charge in [0.05, 0.1) is 9.26 Å². The van der Waals surface area contributed by atoms with Crippen molar-refractivity contribution in [3.63, 3.8) is 0 Å². The first kappa shape index (κ1) is 13.5. The van der Waals surface area contributed by atoms with Gasteiger partial charge in [0.25, 0.3) is 0 Å². The molecule has 0 amide bonds. The van der Waals surface area contributed by atoms with Crippen LogP contribution in [0.5, 0.6) is 0 Å². The molecule has 1 saturated carbocycles. The summed E-state index contributed by atoms with van der Waals surface area (Å²) in [6.07, 6.45) is 7.15. The van der Waals surface area contributed by atoms with Crippen LogP contribution in [0.3, 0.4) is 0 Å². The maximum Gasteiger partial charge on any atom is 0.140 e. The number of ether oxygens (including phenoxy) is 1. The van der Waals surface area contributed by atoms with E-state index in [9.17, 15) is 0 Å². The lowest BCUT2D eigenvalue weighted by Gasteiger charge is -2.15. The summed E-state index contributed by atoms with van der Waals surface area (Å²) >= 11 is 2.30. The van der Waals surface area contributed by atoms with Crippen LogP contribution in [0.1, 0.15) is 49.5 Å². The largest absolute Gasteiger partial charge is 0.383 e. The molecule has 1 aliphatic carbocycles. The Labute approximate surface area is 127 Å². The summed E-state index contributed by atoms with van der Waals surface area (Å²) in [7, 11) is 0. The number of nitrogens with two attached hydrogens (primary N) is 1. The topological polar surface area (TPSA) is 61.0 Å². The van der Waals surface area contributed by atoms with Gasteiger partial charge in [-0.25, -0.2) is 9.97 Å². The van der Waals surface area contributed by atoms with E-state index in [2.05, 4.69) is 27.6 Å². The minimum atomic E-state index is 0.566. The monoisotopic (exact) mass is 373 g/mol. The molecule has 2 N–H and O–H groups in total. The van der Waals surface area contributed by atoms with E-state index >= 15 is 0 Å². The third-order valence-electron chi connectivity index (χ3n) is 4.19. The number of hydrogen-bond acceptors (Lipinski definition) is 4. The third-order valence-corrected chi connectivity index (χ3v) is 5.29. The van der Waals surface area contributed by atoms with Crippen LogP contribution < -0.4 is 5.73 Å². The lowest BCUT2D eigenvalue weighted by molar-refractivity contribution is 0.185. The summed E-state index contributed by atoms with van der Waals surface area (Å²) in [6, 6.07) is 0. The molecule has 0 bridgehead atoms. The maximum atomic E-state index is 6.07. The Bertz CT molecular complexity index is 454. The Morgan fingerprint density at radius 2 is 2.00 bits per heavy atom. The predicted molar refractivity (Wildman–Crippen MR) is 83.0 cm³/mol. The minimum Gasteiger partial charge on any atom is -0.383 e. The molecule has 2 aliphatic rings. The first-order chi connectivity index (χ1) is 9.24. The van der Waals surface area contributed by atoms with Gasteiger partial charge in [0, 0.05) is 25.6 Å². The fourth-order valence-electron chi connectivity index (χ4n) is 3.10. The number of hydrogen-bond donors (Lipinski definition) is 1. The molecule has 0 spiro atoms. The number of halogens is 1. The lowest BCUT2D eigenvalue weighted by Crippen LogP contribution is -2.13. The van der Waals surface area contributed by atoms with E-state index in [0.29, 0.717) is 17.7 Å². The van der Waals surface area contributed by atoms with E-state index in [1.54, 1.807) is 0 Å². The zero-order valence-electron chi connectivity index (χ0n) is 11.1. The second-order valence-corrected chi connectivity index (χ2v) is 6.72. The molecule has 5 heteroatoms. The Morgan fingerprint density at radius 1 is 1.21 bits per heavy atom. The van der Waals surface area contributed by atoms with Crippen molar-refractivity contribution in [1.82, 2.24) is 9.97 Å². The van der Waals surface area contributed by atoms with Gasteiger partial charge in [-0.2, -0.15) is 0 Å². The summed E-state index contributed by atoms with van der Waals surface area (Å²) in [6.45, 7) is 1.72. The Balaban J connectivity index is 1.83. The molecule has 104 valence electrons. The first-order valence-electron chi connectivity index (χ1n) is 7.13. The zero-order valence-corrected chi connectivity index (χ0v) is 13.2. The number of nitrogens with zero attached hydrogens (tertiary/aromatic N) is 2. The van der Waals surface area contributed by atoms with Crippen molar-refractivity contribution in [3.8, 4) is 0 Å². The quantitative estimate of drug-likeness (QED) is 0.828. The highest BCUT2D eigenvalue weighted by molar-refractivity contribution is 14.1. The summed E-state index contributed by atoms with van der Waals surface area (Å²) in [5, 5.41) is 0. The molecule has 1 aromatic heterocycles. The van der Waals surface area contributed by atoms with Gasteiger partial charge in [0.2, 0.25) is 0 Å². The van der Waals surface area contributed by atoms with Gasteiger partial charge in [0.1, 0.15) is 11.6 Å². The number of aromatic nitrogens is 2. The molecule has 4 nitrogen and oxygen atoms in total. The highest BCUT2D eigenvalue weighted by atomic mass is 127. The standard InChI is InChI=1S/C14H20IN3O/c15-12-13(10-3-1-2-4-10)17-11(18-14(12)16)7-9-5-6-19-8-9/h9-10H,1-8H2,(H2,16,17,18). The van der Waals surface area contributed by atoms with Crippen LogP contribution in [-0.4, -0.2) is 23.2 Å². The number of nitrogen functional groups attached to an aromatic ring is 1. The summed E-state index contributed by atoms with van der Waals surface area (Å²) in [5.74, 6) is 2.73. The molecule has 1 atom stereocenters. The molecule has 1 saturated heterocycles. The van der Waals surface area contributed by atoms with Gasteiger partial charge in [-0.3, -0.25) is 0 Å². The van der Waals surface area contributed by atoms with Gasteiger partial charge in [0.15, 0.2) is 0 Å². The van der Waals surface area contributed by atoms with E-state index in [1.807, 2.05) is 0 Å². The first-order valence-corrected chi connectivity index (χ1v) is 8.21. The second-order valence-electron chi connectivity index (χ2n) is 5.64. The molecule has 1 aliphatic heterocycles. The van der Waals surface area contributed by atoms with Gasteiger partial charge in [-0.1, -0.05) is 12.8 Å². The molecule has 1 aromatic rings. The molecular formula is C14H20IN3O. The van der Waals surface area contributed by atoms with E-state index in [4.69, 9.17) is 15.5 Å². The number of rotatable bonds is 3. The smallest absolute Gasteiger partial charge is 0.140 e.